The first kappa shape index (κ1) is 14.2. The van der Waals surface area contributed by atoms with Crippen LogP contribution in [0, 0.1) is 17.3 Å². The fourth-order valence-electron chi connectivity index (χ4n) is 3.45. The summed E-state index contributed by atoms with van der Waals surface area (Å²) in [4.78, 5) is 7.24. The van der Waals surface area contributed by atoms with Crippen molar-refractivity contribution in [2.75, 3.05) is 39.9 Å². The number of nitrogens with zero attached hydrogens (tertiary/aromatic N) is 2. The van der Waals surface area contributed by atoms with Gasteiger partial charge in [-0.15, -0.1) is 0 Å². The van der Waals surface area contributed by atoms with Crippen LogP contribution in [0.3, 0.4) is 0 Å². The molecule has 20 heavy (non-hydrogen) atoms. The lowest BCUT2D eigenvalue weighted by Crippen LogP contribution is -2.41. The summed E-state index contributed by atoms with van der Waals surface area (Å²) >= 11 is 0. The minimum absolute atomic E-state index is 0.595. The van der Waals surface area contributed by atoms with E-state index in [-0.39, 0.29) is 0 Å². The molecule has 0 amide bonds. The third-order valence-corrected chi connectivity index (χ3v) is 5.13. The van der Waals surface area contributed by atoms with Gasteiger partial charge >= 0.3 is 0 Å². The zero-order chi connectivity index (χ0) is 14.0. The van der Waals surface area contributed by atoms with Crippen LogP contribution >= 0.6 is 0 Å². The summed E-state index contributed by atoms with van der Waals surface area (Å²) in [5.74, 6) is 2.75. The van der Waals surface area contributed by atoms with E-state index in [1.54, 1.807) is 0 Å². The van der Waals surface area contributed by atoms with Crippen molar-refractivity contribution in [2.24, 2.45) is 22.2 Å². The average molecular weight is 279 g/mol. The first-order valence-corrected chi connectivity index (χ1v) is 8.31. The first-order valence-electron chi connectivity index (χ1n) is 8.31. The SMILES string of the molecule is CCNC(=NCC1(C2CC2)CC1)N(C)CC1CCOC1. The third-order valence-electron chi connectivity index (χ3n) is 5.13. The molecule has 0 spiro atoms. The van der Waals surface area contributed by atoms with E-state index in [9.17, 15) is 0 Å². The van der Waals surface area contributed by atoms with Crippen LogP contribution in [0.4, 0.5) is 0 Å². The second-order valence-corrected chi connectivity index (χ2v) is 6.92. The van der Waals surface area contributed by atoms with Gasteiger partial charge in [-0.3, -0.25) is 4.99 Å². The minimum Gasteiger partial charge on any atom is -0.381 e. The molecule has 1 saturated heterocycles. The molecule has 0 bridgehead atoms. The van der Waals surface area contributed by atoms with E-state index in [2.05, 4.69) is 24.2 Å². The molecule has 3 fully saturated rings. The predicted octanol–water partition coefficient (Wildman–Crippen LogP) is 2.11. The van der Waals surface area contributed by atoms with Gasteiger partial charge < -0.3 is 15.0 Å². The molecule has 3 aliphatic rings. The van der Waals surface area contributed by atoms with Crippen molar-refractivity contribution >= 4 is 5.96 Å². The van der Waals surface area contributed by atoms with Crippen molar-refractivity contribution in [3.05, 3.63) is 0 Å². The minimum atomic E-state index is 0.595. The van der Waals surface area contributed by atoms with Gasteiger partial charge in [0.2, 0.25) is 0 Å². The number of rotatable bonds is 6. The molecular weight excluding hydrogens is 250 g/mol. The van der Waals surface area contributed by atoms with Gasteiger partial charge in [0.25, 0.3) is 0 Å². The van der Waals surface area contributed by atoms with Crippen molar-refractivity contribution in [2.45, 2.75) is 39.0 Å². The van der Waals surface area contributed by atoms with Crippen molar-refractivity contribution < 1.29 is 4.74 Å². The molecule has 1 aliphatic heterocycles. The highest BCUT2D eigenvalue weighted by molar-refractivity contribution is 5.79. The van der Waals surface area contributed by atoms with Gasteiger partial charge in [0, 0.05) is 39.2 Å². The van der Waals surface area contributed by atoms with Gasteiger partial charge in [-0.05, 0) is 50.4 Å². The Morgan fingerprint density at radius 1 is 1.35 bits per heavy atom. The molecular formula is C16H29N3O. The maximum Gasteiger partial charge on any atom is 0.193 e. The number of guanidine groups is 1. The maximum atomic E-state index is 5.47. The average Bonchev–Trinajstić information content (AvgIpc) is 3.34. The van der Waals surface area contributed by atoms with E-state index >= 15 is 0 Å². The highest BCUT2D eigenvalue weighted by Crippen LogP contribution is 2.61. The number of ether oxygens (including phenoxy) is 1. The summed E-state index contributed by atoms with van der Waals surface area (Å²) in [5.41, 5.74) is 0.595. The molecule has 1 unspecified atom stereocenters. The summed E-state index contributed by atoms with van der Waals surface area (Å²) in [6.07, 6.45) is 6.89. The van der Waals surface area contributed by atoms with Crippen molar-refractivity contribution in [3.63, 3.8) is 0 Å². The second kappa shape index (κ2) is 5.92. The van der Waals surface area contributed by atoms with E-state index in [0.717, 1.165) is 44.7 Å². The number of hydrogen-bond acceptors (Lipinski definition) is 2. The van der Waals surface area contributed by atoms with E-state index in [0.29, 0.717) is 11.3 Å². The van der Waals surface area contributed by atoms with Crippen LogP contribution in [0.5, 0.6) is 0 Å². The molecule has 1 N–H and O–H groups in total. The Hall–Kier alpha value is -0.770. The Morgan fingerprint density at radius 2 is 2.15 bits per heavy atom. The van der Waals surface area contributed by atoms with Crippen molar-refractivity contribution in [1.29, 1.82) is 0 Å². The molecule has 114 valence electrons. The van der Waals surface area contributed by atoms with E-state index in [4.69, 9.17) is 9.73 Å². The van der Waals surface area contributed by atoms with E-state index < -0.39 is 0 Å². The van der Waals surface area contributed by atoms with Gasteiger partial charge in [0.15, 0.2) is 5.96 Å². The molecule has 2 saturated carbocycles. The molecule has 4 nitrogen and oxygen atoms in total. The molecule has 1 atom stereocenters. The zero-order valence-corrected chi connectivity index (χ0v) is 13.0. The number of aliphatic imine (C=N–C) groups is 1. The van der Waals surface area contributed by atoms with Gasteiger partial charge in [-0.1, -0.05) is 0 Å². The Balaban J connectivity index is 1.55. The monoisotopic (exact) mass is 279 g/mol. The zero-order valence-electron chi connectivity index (χ0n) is 13.0. The summed E-state index contributed by atoms with van der Waals surface area (Å²) < 4.78 is 5.47. The molecule has 0 aromatic heterocycles. The van der Waals surface area contributed by atoms with Gasteiger partial charge in [0.1, 0.15) is 0 Å². The van der Waals surface area contributed by atoms with Crippen LogP contribution in [0.2, 0.25) is 0 Å². The first-order chi connectivity index (χ1) is 9.73. The largest absolute Gasteiger partial charge is 0.381 e. The Morgan fingerprint density at radius 3 is 2.70 bits per heavy atom. The number of hydrogen-bond donors (Lipinski definition) is 1. The van der Waals surface area contributed by atoms with Crippen LogP contribution in [0.15, 0.2) is 4.99 Å². The Labute approximate surface area is 123 Å². The lowest BCUT2D eigenvalue weighted by atomic mass is 10.0. The summed E-state index contributed by atoms with van der Waals surface area (Å²) in [6, 6.07) is 0. The van der Waals surface area contributed by atoms with Crippen LogP contribution in [-0.2, 0) is 4.74 Å². The van der Waals surface area contributed by atoms with Crippen LogP contribution < -0.4 is 5.32 Å². The van der Waals surface area contributed by atoms with Crippen LogP contribution in [0.1, 0.15) is 39.0 Å². The molecule has 1 heterocycles. The van der Waals surface area contributed by atoms with Gasteiger partial charge in [-0.2, -0.15) is 0 Å². The molecule has 0 radical (unpaired) electrons. The molecule has 0 aromatic carbocycles. The summed E-state index contributed by atoms with van der Waals surface area (Å²) in [7, 11) is 2.16. The molecule has 2 aliphatic carbocycles. The molecule has 3 rings (SSSR count). The van der Waals surface area contributed by atoms with E-state index in [1.807, 2.05) is 0 Å². The van der Waals surface area contributed by atoms with E-state index in [1.165, 1.54) is 32.1 Å². The Bertz CT molecular complexity index is 355. The lowest BCUT2D eigenvalue weighted by Gasteiger charge is -2.25. The normalized spacial score (nSPS) is 28.5. The van der Waals surface area contributed by atoms with Crippen molar-refractivity contribution in [1.82, 2.24) is 10.2 Å². The fourth-order valence-corrected chi connectivity index (χ4v) is 3.45. The standard InChI is InChI=1S/C16H29N3O/c1-3-17-15(19(2)10-13-6-9-20-11-13)18-12-16(7-8-16)14-4-5-14/h13-14H,3-12H2,1-2H3,(H,17,18). The lowest BCUT2D eigenvalue weighted by molar-refractivity contribution is 0.181. The summed E-state index contributed by atoms with van der Waals surface area (Å²) in [6.45, 7) is 7.02. The molecule has 4 heteroatoms. The highest BCUT2D eigenvalue weighted by Gasteiger charge is 2.53. The number of nitrogens with one attached hydrogen (secondary N) is 1. The second-order valence-electron chi connectivity index (χ2n) is 6.92. The third kappa shape index (κ3) is 3.27. The summed E-state index contributed by atoms with van der Waals surface area (Å²) in [5, 5.41) is 3.45. The quantitative estimate of drug-likeness (QED) is 0.597. The molecule has 0 aromatic rings. The smallest absolute Gasteiger partial charge is 0.193 e. The Kier molecular flexibility index (Phi) is 4.20. The fraction of sp³-hybridized carbons (Fsp3) is 0.938. The van der Waals surface area contributed by atoms with Gasteiger partial charge in [-0.25, -0.2) is 0 Å². The topological polar surface area (TPSA) is 36.9 Å². The van der Waals surface area contributed by atoms with Crippen LogP contribution in [-0.4, -0.2) is 50.8 Å². The maximum absolute atomic E-state index is 5.47. The van der Waals surface area contributed by atoms with Crippen molar-refractivity contribution in [3.8, 4) is 0 Å². The van der Waals surface area contributed by atoms with Crippen LogP contribution in [0.25, 0.3) is 0 Å². The van der Waals surface area contributed by atoms with Gasteiger partial charge in [0.05, 0.1) is 6.61 Å². The predicted molar refractivity (Wildman–Crippen MR) is 81.9 cm³/mol. The highest BCUT2D eigenvalue weighted by atomic mass is 16.5.